The molecule has 0 saturated heterocycles. The van der Waals surface area contributed by atoms with Gasteiger partial charge >= 0.3 is 0 Å². The molecule has 0 saturated carbocycles. The minimum absolute atomic E-state index is 0.528. The van der Waals surface area contributed by atoms with Gasteiger partial charge in [0.2, 0.25) is 0 Å². The number of hydrogen-bond acceptors (Lipinski definition) is 1. The third kappa shape index (κ3) is 2.41. The monoisotopic (exact) mass is 125 g/mol. The second-order valence-electron chi connectivity index (χ2n) is 2.17. The Morgan fingerprint density at radius 1 is 1.56 bits per heavy atom. The van der Waals surface area contributed by atoms with Gasteiger partial charge in [0.15, 0.2) is 0 Å². The highest BCUT2D eigenvalue weighted by atomic mass is 15.1. The second-order valence-corrected chi connectivity index (χ2v) is 2.17. The molecule has 1 nitrogen and oxygen atoms in total. The maximum Gasteiger partial charge on any atom is 0.0340 e. The lowest BCUT2D eigenvalue weighted by Gasteiger charge is -2.21. The van der Waals surface area contributed by atoms with Gasteiger partial charge in [0.05, 0.1) is 0 Å². The summed E-state index contributed by atoms with van der Waals surface area (Å²) in [4.78, 5) is 2.00. The van der Waals surface area contributed by atoms with Gasteiger partial charge in [0, 0.05) is 18.6 Å². The van der Waals surface area contributed by atoms with Gasteiger partial charge in [-0.15, -0.1) is 0 Å². The number of hydrogen-bond donors (Lipinski definition) is 0. The van der Waals surface area contributed by atoms with Crippen molar-refractivity contribution in [2.45, 2.75) is 33.2 Å². The first kappa shape index (κ1) is 8.36. The van der Waals surface area contributed by atoms with Crippen LogP contribution < -0.4 is 0 Å². The van der Waals surface area contributed by atoms with Gasteiger partial charge in [-0.25, -0.2) is 0 Å². The van der Waals surface area contributed by atoms with Crippen molar-refractivity contribution in [3.8, 4) is 12.5 Å². The first-order valence-corrected chi connectivity index (χ1v) is 3.49. The Bertz CT molecular complexity index is 102. The second kappa shape index (κ2) is 4.26. The predicted octanol–water partition coefficient (Wildman–Crippen LogP) is 1.70. The van der Waals surface area contributed by atoms with Gasteiger partial charge in [-0.05, 0) is 20.3 Å². The molecule has 0 N–H and O–H groups in total. The summed E-state index contributed by atoms with van der Waals surface area (Å²) in [5, 5.41) is 0. The fourth-order valence-electron chi connectivity index (χ4n) is 0.751. The summed E-state index contributed by atoms with van der Waals surface area (Å²) in [7, 11) is 0. The maximum absolute atomic E-state index is 5.24. The average molecular weight is 125 g/mol. The minimum Gasteiger partial charge on any atom is -0.330 e. The van der Waals surface area contributed by atoms with Crippen molar-refractivity contribution in [3.63, 3.8) is 0 Å². The summed E-state index contributed by atoms with van der Waals surface area (Å²) >= 11 is 0. The van der Waals surface area contributed by atoms with E-state index in [1.54, 1.807) is 0 Å². The molecular weight excluding hydrogens is 110 g/mol. The molecule has 0 radical (unpaired) electrons. The standard InChI is InChI=1S/C8H15N/c1-5-8(4)9(6-2)7-3/h2,8H,5,7H2,1,3-4H3. The number of nitrogens with zero attached hydrogens (tertiary/aromatic N) is 1. The third-order valence-corrected chi connectivity index (χ3v) is 1.63. The fraction of sp³-hybridized carbons (Fsp3) is 0.750. The zero-order valence-electron chi connectivity index (χ0n) is 6.52. The van der Waals surface area contributed by atoms with Crippen molar-refractivity contribution in [1.82, 2.24) is 4.90 Å². The molecule has 0 aromatic carbocycles. The molecule has 1 heteroatoms. The highest BCUT2D eigenvalue weighted by Gasteiger charge is 2.02. The first-order chi connectivity index (χ1) is 4.26. The van der Waals surface area contributed by atoms with Crippen LogP contribution in [0.5, 0.6) is 0 Å². The topological polar surface area (TPSA) is 3.24 Å². The Kier molecular flexibility index (Phi) is 3.96. The summed E-state index contributed by atoms with van der Waals surface area (Å²) in [6.45, 7) is 7.31. The average Bonchev–Trinajstić information content (AvgIpc) is 1.90. The van der Waals surface area contributed by atoms with E-state index in [1.807, 2.05) is 4.90 Å². The van der Waals surface area contributed by atoms with Gasteiger partial charge < -0.3 is 4.90 Å². The van der Waals surface area contributed by atoms with E-state index < -0.39 is 0 Å². The molecule has 0 aliphatic carbocycles. The SMILES string of the molecule is C#CN(CC)C(C)CC. The van der Waals surface area contributed by atoms with Crippen molar-refractivity contribution < 1.29 is 0 Å². The minimum atomic E-state index is 0.528. The lowest BCUT2D eigenvalue weighted by Crippen LogP contribution is -2.27. The quantitative estimate of drug-likeness (QED) is 0.410. The van der Waals surface area contributed by atoms with E-state index in [4.69, 9.17) is 6.42 Å². The van der Waals surface area contributed by atoms with E-state index in [9.17, 15) is 0 Å². The fourth-order valence-corrected chi connectivity index (χ4v) is 0.751. The van der Waals surface area contributed by atoms with Gasteiger partial charge in [-0.3, -0.25) is 0 Å². The molecular formula is C8H15N. The summed E-state index contributed by atoms with van der Waals surface area (Å²) < 4.78 is 0. The molecule has 0 aliphatic rings. The zero-order chi connectivity index (χ0) is 7.28. The Labute approximate surface area is 58.1 Å². The lowest BCUT2D eigenvalue weighted by molar-refractivity contribution is 0.320. The molecule has 0 amide bonds. The van der Waals surface area contributed by atoms with Crippen molar-refractivity contribution in [3.05, 3.63) is 0 Å². The molecule has 0 spiro atoms. The van der Waals surface area contributed by atoms with E-state index in [0.717, 1.165) is 13.0 Å². The maximum atomic E-state index is 5.24. The Morgan fingerprint density at radius 3 is 2.22 bits per heavy atom. The number of rotatable bonds is 3. The summed E-state index contributed by atoms with van der Waals surface area (Å²) in [5.41, 5.74) is 0. The molecule has 0 rings (SSSR count). The Hall–Kier alpha value is -0.640. The van der Waals surface area contributed by atoms with Crippen LogP contribution in [0.3, 0.4) is 0 Å². The molecule has 0 heterocycles. The van der Waals surface area contributed by atoms with E-state index in [1.165, 1.54) is 0 Å². The van der Waals surface area contributed by atoms with Crippen LogP contribution >= 0.6 is 0 Å². The van der Waals surface area contributed by atoms with Crippen LogP contribution in [0.1, 0.15) is 27.2 Å². The zero-order valence-corrected chi connectivity index (χ0v) is 6.52. The molecule has 0 fully saturated rings. The van der Waals surface area contributed by atoms with E-state index in [-0.39, 0.29) is 0 Å². The smallest absolute Gasteiger partial charge is 0.0340 e. The van der Waals surface area contributed by atoms with Gasteiger partial charge in [-0.2, -0.15) is 0 Å². The molecule has 52 valence electrons. The van der Waals surface area contributed by atoms with Crippen molar-refractivity contribution >= 4 is 0 Å². The van der Waals surface area contributed by atoms with Crippen LogP contribution in [0.15, 0.2) is 0 Å². The van der Waals surface area contributed by atoms with Crippen LogP contribution in [-0.4, -0.2) is 17.5 Å². The third-order valence-electron chi connectivity index (χ3n) is 1.63. The van der Waals surface area contributed by atoms with Crippen LogP contribution in [-0.2, 0) is 0 Å². The van der Waals surface area contributed by atoms with E-state index in [2.05, 4.69) is 26.8 Å². The van der Waals surface area contributed by atoms with Gasteiger partial charge in [-0.1, -0.05) is 13.3 Å². The molecule has 0 aromatic heterocycles. The van der Waals surface area contributed by atoms with E-state index >= 15 is 0 Å². The number of terminal acetylenes is 1. The Morgan fingerprint density at radius 2 is 2.11 bits per heavy atom. The van der Waals surface area contributed by atoms with Gasteiger partial charge in [0.1, 0.15) is 0 Å². The molecule has 9 heavy (non-hydrogen) atoms. The van der Waals surface area contributed by atoms with E-state index in [0.29, 0.717) is 6.04 Å². The highest BCUT2D eigenvalue weighted by molar-refractivity contribution is 4.86. The van der Waals surface area contributed by atoms with Crippen molar-refractivity contribution in [2.75, 3.05) is 6.54 Å². The van der Waals surface area contributed by atoms with Crippen LogP contribution in [0, 0.1) is 12.5 Å². The summed E-state index contributed by atoms with van der Waals surface area (Å²) in [5.74, 6) is 0. The summed E-state index contributed by atoms with van der Waals surface area (Å²) in [6.07, 6.45) is 6.36. The highest BCUT2D eigenvalue weighted by Crippen LogP contribution is 1.99. The lowest BCUT2D eigenvalue weighted by atomic mass is 10.2. The molecule has 0 aromatic rings. The van der Waals surface area contributed by atoms with Crippen molar-refractivity contribution in [1.29, 1.82) is 0 Å². The molecule has 0 aliphatic heterocycles. The van der Waals surface area contributed by atoms with Crippen LogP contribution in [0.4, 0.5) is 0 Å². The van der Waals surface area contributed by atoms with Gasteiger partial charge in [0.25, 0.3) is 0 Å². The predicted molar refractivity (Wildman–Crippen MR) is 41.0 cm³/mol. The largest absolute Gasteiger partial charge is 0.330 e. The molecule has 0 bridgehead atoms. The van der Waals surface area contributed by atoms with Crippen LogP contribution in [0.2, 0.25) is 0 Å². The first-order valence-electron chi connectivity index (χ1n) is 3.49. The molecule has 1 unspecified atom stereocenters. The Balaban J connectivity index is 3.68. The van der Waals surface area contributed by atoms with Crippen LogP contribution in [0.25, 0.3) is 0 Å². The normalized spacial score (nSPS) is 12.2. The molecule has 1 atom stereocenters. The summed E-state index contributed by atoms with van der Waals surface area (Å²) in [6, 6.07) is 3.16. The van der Waals surface area contributed by atoms with Crippen molar-refractivity contribution in [2.24, 2.45) is 0 Å².